The highest BCUT2D eigenvalue weighted by atomic mass is 14.2. The Balaban J connectivity index is 1.61. The van der Waals surface area contributed by atoms with Crippen LogP contribution in [0.5, 0.6) is 0 Å². The fourth-order valence-corrected chi connectivity index (χ4v) is 3.45. The Labute approximate surface area is 131 Å². The molecule has 1 aromatic carbocycles. The molecule has 0 amide bonds. The third kappa shape index (κ3) is 6.08. The molecule has 0 fully saturated rings. The van der Waals surface area contributed by atoms with Gasteiger partial charge in [0.15, 0.2) is 0 Å². The van der Waals surface area contributed by atoms with E-state index < -0.39 is 0 Å². The second-order valence-electron chi connectivity index (χ2n) is 6.94. The number of hydrogen-bond acceptors (Lipinski definition) is 0. The van der Waals surface area contributed by atoms with Crippen LogP contribution in [0.4, 0.5) is 0 Å². The predicted molar refractivity (Wildman–Crippen MR) is 93.5 cm³/mol. The van der Waals surface area contributed by atoms with Gasteiger partial charge in [-0.25, -0.2) is 0 Å². The van der Waals surface area contributed by atoms with Gasteiger partial charge in [-0.3, -0.25) is 0 Å². The third-order valence-corrected chi connectivity index (χ3v) is 5.10. The van der Waals surface area contributed by atoms with E-state index in [1.54, 1.807) is 5.57 Å². The molecule has 1 aliphatic rings. The lowest BCUT2D eigenvalue weighted by atomic mass is 9.82. The average Bonchev–Trinajstić information content (AvgIpc) is 2.54. The van der Waals surface area contributed by atoms with E-state index in [1.807, 2.05) is 0 Å². The zero-order chi connectivity index (χ0) is 14.9. The molecule has 0 aliphatic heterocycles. The highest BCUT2D eigenvalue weighted by Gasteiger charge is 2.16. The molecule has 0 nitrogen and oxygen atoms in total. The Kier molecular flexibility index (Phi) is 7.06. The molecule has 0 saturated heterocycles. The first-order chi connectivity index (χ1) is 10.3. The highest BCUT2D eigenvalue weighted by Crippen LogP contribution is 2.31. The summed E-state index contributed by atoms with van der Waals surface area (Å²) < 4.78 is 0. The molecule has 2 rings (SSSR count). The molecular formula is C21H32. The van der Waals surface area contributed by atoms with Gasteiger partial charge in [0, 0.05) is 0 Å². The van der Waals surface area contributed by atoms with Crippen molar-refractivity contribution in [3.05, 3.63) is 47.5 Å². The van der Waals surface area contributed by atoms with Crippen LogP contribution in [0.3, 0.4) is 0 Å². The van der Waals surface area contributed by atoms with Crippen LogP contribution in [0.1, 0.15) is 70.8 Å². The molecule has 2 unspecified atom stereocenters. The smallest absolute Gasteiger partial charge is 0.0279 e. The number of allylic oxidation sites excluding steroid dienone is 2. The molecular weight excluding hydrogens is 252 g/mol. The summed E-state index contributed by atoms with van der Waals surface area (Å²) in [6, 6.07) is 10.9. The van der Waals surface area contributed by atoms with E-state index in [0.29, 0.717) is 0 Å². The van der Waals surface area contributed by atoms with Crippen LogP contribution < -0.4 is 0 Å². The van der Waals surface area contributed by atoms with Crippen molar-refractivity contribution >= 4 is 0 Å². The molecule has 116 valence electrons. The Morgan fingerprint density at radius 2 is 1.86 bits per heavy atom. The van der Waals surface area contributed by atoms with Crippen LogP contribution in [-0.4, -0.2) is 0 Å². The number of benzene rings is 1. The zero-order valence-electron chi connectivity index (χ0n) is 14.0. The normalized spacial score (nSPS) is 20.1. The molecule has 0 saturated carbocycles. The van der Waals surface area contributed by atoms with Crippen molar-refractivity contribution in [2.75, 3.05) is 0 Å². The van der Waals surface area contributed by atoms with Gasteiger partial charge in [-0.1, -0.05) is 62.2 Å². The maximum Gasteiger partial charge on any atom is -0.0279 e. The molecule has 0 aromatic heterocycles. The summed E-state index contributed by atoms with van der Waals surface area (Å²) in [4.78, 5) is 0. The summed E-state index contributed by atoms with van der Waals surface area (Å²) in [5.41, 5.74) is 3.23. The highest BCUT2D eigenvalue weighted by molar-refractivity contribution is 5.14. The maximum atomic E-state index is 2.57. The average molecular weight is 284 g/mol. The predicted octanol–water partition coefficient (Wildman–Crippen LogP) is 6.56. The number of hydrogen-bond donors (Lipinski definition) is 0. The minimum Gasteiger partial charge on any atom is -0.0851 e. The SMILES string of the molecule is CCC(C)CC1CC=C(CCCCc2ccccc2)CC1. The van der Waals surface area contributed by atoms with Crippen LogP contribution in [-0.2, 0) is 6.42 Å². The maximum absolute atomic E-state index is 2.57. The second kappa shape index (κ2) is 9.07. The Morgan fingerprint density at radius 1 is 1.10 bits per heavy atom. The van der Waals surface area contributed by atoms with Gasteiger partial charge in [-0.15, -0.1) is 0 Å². The molecule has 0 N–H and O–H groups in total. The van der Waals surface area contributed by atoms with E-state index >= 15 is 0 Å². The lowest BCUT2D eigenvalue weighted by Crippen LogP contribution is -2.09. The summed E-state index contributed by atoms with van der Waals surface area (Å²) in [6.07, 6.45) is 14.8. The van der Waals surface area contributed by atoms with Crippen LogP contribution in [0.2, 0.25) is 0 Å². The Hall–Kier alpha value is -1.04. The second-order valence-corrected chi connectivity index (χ2v) is 6.94. The van der Waals surface area contributed by atoms with E-state index in [-0.39, 0.29) is 0 Å². The molecule has 0 radical (unpaired) electrons. The zero-order valence-corrected chi connectivity index (χ0v) is 14.0. The minimum atomic E-state index is 0.913. The van der Waals surface area contributed by atoms with Crippen molar-refractivity contribution in [3.8, 4) is 0 Å². The van der Waals surface area contributed by atoms with Gasteiger partial charge in [-0.2, -0.15) is 0 Å². The number of aryl methyl sites for hydroxylation is 1. The molecule has 2 atom stereocenters. The Morgan fingerprint density at radius 3 is 2.52 bits per heavy atom. The van der Waals surface area contributed by atoms with Crippen LogP contribution in [0, 0.1) is 11.8 Å². The molecule has 1 aliphatic carbocycles. The summed E-state index contributed by atoms with van der Waals surface area (Å²) in [5, 5.41) is 0. The minimum absolute atomic E-state index is 0.913. The third-order valence-electron chi connectivity index (χ3n) is 5.10. The lowest BCUT2D eigenvalue weighted by Gasteiger charge is -2.24. The lowest BCUT2D eigenvalue weighted by molar-refractivity contribution is 0.353. The quantitative estimate of drug-likeness (QED) is 0.374. The van der Waals surface area contributed by atoms with Crippen molar-refractivity contribution < 1.29 is 0 Å². The van der Waals surface area contributed by atoms with Crippen molar-refractivity contribution in [1.29, 1.82) is 0 Å². The van der Waals surface area contributed by atoms with Gasteiger partial charge in [0.2, 0.25) is 0 Å². The van der Waals surface area contributed by atoms with E-state index in [4.69, 9.17) is 0 Å². The number of unbranched alkanes of at least 4 members (excludes halogenated alkanes) is 1. The summed E-state index contributed by atoms with van der Waals surface area (Å²) in [7, 11) is 0. The van der Waals surface area contributed by atoms with E-state index in [1.165, 1.54) is 63.4 Å². The van der Waals surface area contributed by atoms with Gasteiger partial charge in [0.05, 0.1) is 0 Å². The summed E-state index contributed by atoms with van der Waals surface area (Å²) in [5.74, 6) is 1.88. The van der Waals surface area contributed by atoms with Gasteiger partial charge < -0.3 is 0 Å². The number of rotatable bonds is 8. The fraction of sp³-hybridized carbons (Fsp3) is 0.619. The topological polar surface area (TPSA) is 0 Å². The first-order valence-electron chi connectivity index (χ1n) is 8.99. The van der Waals surface area contributed by atoms with E-state index in [9.17, 15) is 0 Å². The van der Waals surface area contributed by atoms with Gasteiger partial charge in [0.1, 0.15) is 0 Å². The first kappa shape index (κ1) is 16.3. The first-order valence-corrected chi connectivity index (χ1v) is 8.99. The molecule has 0 heteroatoms. The molecule has 0 spiro atoms. The Bertz CT molecular complexity index is 415. The standard InChI is InChI=1S/C21H32/c1-3-18(2)17-21-15-13-20(14-16-21)12-8-7-11-19-9-5-4-6-10-19/h4-6,9-10,13,18,21H,3,7-8,11-12,14-17H2,1-2H3. The van der Waals surface area contributed by atoms with E-state index in [0.717, 1.165) is 11.8 Å². The van der Waals surface area contributed by atoms with Crippen LogP contribution >= 0.6 is 0 Å². The molecule has 1 aromatic rings. The largest absolute Gasteiger partial charge is 0.0851 e. The van der Waals surface area contributed by atoms with Gasteiger partial charge >= 0.3 is 0 Å². The monoisotopic (exact) mass is 284 g/mol. The summed E-state index contributed by atoms with van der Waals surface area (Å²) in [6.45, 7) is 4.73. The molecule has 0 heterocycles. The van der Waals surface area contributed by atoms with Gasteiger partial charge in [-0.05, 0) is 68.8 Å². The van der Waals surface area contributed by atoms with Crippen LogP contribution in [0.15, 0.2) is 42.0 Å². The van der Waals surface area contributed by atoms with Crippen molar-refractivity contribution in [2.45, 2.75) is 71.6 Å². The van der Waals surface area contributed by atoms with Crippen molar-refractivity contribution in [3.63, 3.8) is 0 Å². The summed E-state index contributed by atoms with van der Waals surface area (Å²) >= 11 is 0. The van der Waals surface area contributed by atoms with Crippen molar-refractivity contribution in [1.82, 2.24) is 0 Å². The van der Waals surface area contributed by atoms with E-state index in [2.05, 4.69) is 50.3 Å². The van der Waals surface area contributed by atoms with Crippen LogP contribution in [0.25, 0.3) is 0 Å². The molecule has 21 heavy (non-hydrogen) atoms. The van der Waals surface area contributed by atoms with Crippen molar-refractivity contribution in [2.24, 2.45) is 11.8 Å². The molecule has 0 bridgehead atoms. The van der Waals surface area contributed by atoms with Gasteiger partial charge in [0.25, 0.3) is 0 Å². The fourth-order valence-electron chi connectivity index (χ4n) is 3.45.